The van der Waals surface area contributed by atoms with Crippen LogP contribution in [0.25, 0.3) is 0 Å². The Morgan fingerprint density at radius 2 is 1.82 bits per heavy atom. The van der Waals surface area contributed by atoms with E-state index < -0.39 is 0 Å². The second-order valence-electron chi connectivity index (χ2n) is 4.89. The van der Waals surface area contributed by atoms with Crippen LogP contribution in [0.5, 0.6) is 0 Å². The summed E-state index contributed by atoms with van der Waals surface area (Å²) in [5.41, 5.74) is 1.92. The predicted octanol–water partition coefficient (Wildman–Crippen LogP) is 2.60. The van der Waals surface area contributed by atoms with Crippen LogP contribution in [0.4, 0.5) is 4.79 Å². The second kappa shape index (κ2) is 8.79. The van der Waals surface area contributed by atoms with Crippen molar-refractivity contribution in [2.24, 2.45) is 0 Å². The van der Waals surface area contributed by atoms with Crippen molar-refractivity contribution in [1.82, 2.24) is 9.88 Å². The molecule has 1 N–H and O–H groups in total. The van der Waals surface area contributed by atoms with Gasteiger partial charge >= 0.3 is 6.09 Å². The molecular formula is C17H20N2O3. The summed E-state index contributed by atoms with van der Waals surface area (Å²) in [6.45, 7) is 1.17. The lowest BCUT2D eigenvalue weighted by molar-refractivity contribution is 0.0910. The first-order chi connectivity index (χ1) is 10.8. The minimum absolute atomic E-state index is 0.0405. The van der Waals surface area contributed by atoms with Crippen LogP contribution in [-0.4, -0.2) is 34.2 Å². The molecule has 0 aliphatic carbocycles. The van der Waals surface area contributed by atoms with Crippen molar-refractivity contribution in [1.29, 1.82) is 0 Å². The lowest BCUT2D eigenvalue weighted by atomic mass is 10.2. The average Bonchev–Trinajstić information content (AvgIpc) is 2.58. The molecule has 5 heteroatoms. The SMILES string of the molecule is O=C(OCc1ccccc1)N(CCCO)Cc1ccncc1. The van der Waals surface area contributed by atoms with Gasteiger partial charge in [0.15, 0.2) is 0 Å². The Labute approximate surface area is 130 Å². The summed E-state index contributed by atoms with van der Waals surface area (Å²) in [4.78, 5) is 17.8. The summed E-state index contributed by atoms with van der Waals surface area (Å²) in [6.07, 6.45) is 3.52. The van der Waals surface area contributed by atoms with Gasteiger partial charge in [0.2, 0.25) is 0 Å². The van der Waals surface area contributed by atoms with Gasteiger partial charge in [-0.3, -0.25) is 4.98 Å². The van der Waals surface area contributed by atoms with Gasteiger partial charge in [-0.15, -0.1) is 0 Å². The first-order valence-electron chi connectivity index (χ1n) is 7.25. The number of benzene rings is 1. The van der Waals surface area contributed by atoms with Crippen molar-refractivity contribution in [3.05, 3.63) is 66.0 Å². The zero-order valence-corrected chi connectivity index (χ0v) is 12.4. The molecule has 0 saturated carbocycles. The lowest BCUT2D eigenvalue weighted by Gasteiger charge is -2.22. The number of aromatic nitrogens is 1. The fraction of sp³-hybridized carbons (Fsp3) is 0.294. The van der Waals surface area contributed by atoms with Crippen LogP contribution in [0.15, 0.2) is 54.9 Å². The molecule has 0 atom stereocenters. The van der Waals surface area contributed by atoms with Gasteiger partial charge in [0.05, 0.1) is 0 Å². The van der Waals surface area contributed by atoms with E-state index >= 15 is 0 Å². The molecule has 0 unspecified atom stereocenters. The first-order valence-corrected chi connectivity index (χ1v) is 7.25. The van der Waals surface area contributed by atoms with Gasteiger partial charge in [0.1, 0.15) is 6.61 Å². The van der Waals surface area contributed by atoms with E-state index in [4.69, 9.17) is 9.84 Å². The van der Waals surface area contributed by atoms with Crippen LogP contribution in [0, 0.1) is 0 Å². The summed E-state index contributed by atoms with van der Waals surface area (Å²) < 4.78 is 5.35. The van der Waals surface area contributed by atoms with E-state index in [0.29, 0.717) is 19.5 Å². The number of aliphatic hydroxyl groups excluding tert-OH is 1. The standard InChI is InChI=1S/C17H20N2O3/c20-12-4-11-19(13-15-7-9-18-10-8-15)17(21)22-14-16-5-2-1-3-6-16/h1-3,5-10,20H,4,11-14H2. The molecule has 1 heterocycles. The zero-order chi connectivity index (χ0) is 15.6. The third-order valence-corrected chi connectivity index (χ3v) is 3.17. The maximum Gasteiger partial charge on any atom is 0.410 e. The molecular weight excluding hydrogens is 280 g/mol. The summed E-state index contributed by atoms with van der Waals surface area (Å²) in [5, 5.41) is 8.98. The number of nitrogens with zero attached hydrogens (tertiary/aromatic N) is 2. The molecule has 0 bridgehead atoms. The van der Waals surface area contributed by atoms with Gasteiger partial charge in [-0.25, -0.2) is 4.79 Å². The molecule has 5 nitrogen and oxygen atoms in total. The fourth-order valence-corrected chi connectivity index (χ4v) is 2.02. The number of rotatable bonds is 7. The highest BCUT2D eigenvalue weighted by molar-refractivity contribution is 5.67. The molecule has 22 heavy (non-hydrogen) atoms. The minimum Gasteiger partial charge on any atom is -0.445 e. The Morgan fingerprint density at radius 1 is 1.09 bits per heavy atom. The molecule has 0 radical (unpaired) electrons. The van der Waals surface area contributed by atoms with E-state index in [1.165, 1.54) is 0 Å². The molecule has 0 aliphatic rings. The summed E-state index contributed by atoms with van der Waals surface area (Å²) >= 11 is 0. The van der Waals surface area contributed by atoms with Crippen molar-refractivity contribution in [2.75, 3.05) is 13.2 Å². The Bertz CT molecular complexity index is 561. The first kappa shape index (κ1) is 16.0. The molecule has 0 spiro atoms. The molecule has 1 aromatic carbocycles. The normalized spacial score (nSPS) is 10.2. The molecule has 2 aromatic rings. The van der Waals surface area contributed by atoms with Crippen molar-refractivity contribution >= 4 is 6.09 Å². The minimum atomic E-state index is -0.380. The van der Waals surface area contributed by atoms with Gasteiger partial charge in [0, 0.05) is 32.1 Å². The quantitative estimate of drug-likeness (QED) is 0.853. The van der Waals surface area contributed by atoms with Gasteiger partial charge in [-0.1, -0.05) is 30.3 Å². The molecule has 0 aliphatic heterocycles. The maximum absolute atomic E-state index is 12.2. The van der Waals surface area contributed by atoms with E-state index in [1.54, 1.807) is 17.3 Å². The predicted molar refractivity (Wildman–Crippen MR) is 83.0 cm³/mol. The highest BCUT2D eigenvalue weighted by Gasteiger charge is 2.15. The van der Waals surface area contributed by atoms with E-state index in [0.717, 1.165) is 11.1 Å². The van der Waals surface area contributed by atoms with Crippen LogP contribution in [0.1, 0.15) is 17.5 Å². The van der Waals surface area contributed by atoms with Crippen LogP contribution in [0.2, 0.25) is 0 Å². The third kappa shape index (κ3) is 5.18. The van der Waals surface area contributed by atoms with E-state index in [2.05, 4.69) is 4.98 Å². The van der Waals surface area contributed by atoms with Crippen molar-refractivity contribution in [3.63, 3.8) is 0 Å². The third-order valence-electron chi connectivity index (χ3n) is 3.17. The van der Waals surface area contributed by atoms with E-state index in [9.17, 15) is 4.79 Å². The molecule has 116 valence electrons. The Balaban J connectivity index is 1.93. The lowest BCUT2D eigenvalue weighted by Crippen LogP contribution is -2.32. The molecule has 0 fully saturated rings. The monoisotopic (exact) mass is 300 g/mol. The largest absolute Gasteiger partial charge is 0.445 e. The number of pyridine rings is 1. The fourth-order valence-electron chi connectivity index (χ4n) is 2.02. The summed E-state index contributed by atoms with van der Waals surface area (Å²) in [7, 11) is 0. The van der Waals surface area contributed by atoms with E-state index in [-0.39, 0.29) is 19.3 Å². The number of ether oxygens (including phenoxy) is 1. The number of carbonyl (C=O) groups excluding carboxylic acids is 1. The molecule has 1 amide bonds. The molecule has 0 saturated heterocycles. The van der Waals surface area contributed by atoms with Crippen molar-refractivity contribution in [3.8, 4) is 0 Å². The van der Waals surface area contributed by atoms with Gasteiger partial charge in [0.25, 0.3) is 0 Å². The number of hydrogen-bond donors (Lipinski definition) is 1. The highest BCUT2D eigenvalue weighted by atomic mass is 16.6. The van der Waals surface area contributed by atoms with Crippen LogP contribution in [-0.2, 0) is 17.9 Å². The number of hydrogen-bond acceptors (Lipinski definition) is 4. The Hall–Kier alpha value is -2.40. The van der Waals surface area contributed by atoms with Crippen LogP contribution >= 0.6 is 0 Å². The van der Waals surface area contributed by atoms with Gasteiger partial charge in [-0.05, 0) is 29.7 Å². The van der Waals surface area contributed by atoms with Crippen molar-refractivity contribution in [2.45, 2.75) is 19.6 Å². The topological polar surface area (TPSA) is 62.7 Å². The van der Waals surface area contributed by atoms with Crippen molar-refractivity contribution < 1.29 is 14.6 Å². The number of aliphatic hydroxyl groups is 1. The second-order valence-corrected chi connectivity index (χ2v) is 4.89. The Kier molecular flexibility index (Phi) is 6.39. The Morgan fingerprint density at radius 3 is 2.50 bits per heavy atom. The highest BCUT2D eigenvalue weighted by Crippen LogP contribution is 2.08. The zero-order valence-electron chi connectivity index (χ0n) is 12.4. The average molecular weight is 300 g/mol. The van der Waals surface area contributed by atoms with Crippen LogP contribution in [0.3, 0.4) is 0 Å². The number of carbonyl (C=O) groups is 1. The molecule has 2 rings (SSSR count). The maximum atomic E-state index is 12.2. The van der Waals surface area contributed by atoms with Gasteiger partial charge in [-0.2, -0.15) is 0 Å². The summed E-state index contributed by atoms with van der Waals surface area (Å²) in [5.74, 6) is 0. The number of amides is 1. The summed E-state index contributed by atoms with van der Waals surface area (Å²) in [6, 6.07) is 13.3. The van der Waals surface area contributed by atoms with Gasteiger partial charge < -0.3 is 14.7 Å². The smallest absolute Gasteiger partial charge is 0.410 e. The van der Waals surface area contributed by atoms with E-state index in [1.807, 2.05) is 42.5 Å². The molecule has 1 aromatic heterocycles. The van der Waals surface area contributed by atoms with Crippen LogP contribution < -0.4 is 0 Å².